The zero-order valence-corrected chi connectivity index (χ0v) is 13.7. The van der Waals surface area contributed by atoms with Crippen molar-refractivity contribution in [2.75, 3.05) is 7.11 Å². The van der Waals surface area contributed by atoms with E-state index in [2.05, 4.69) is 20.3 Å². The molecule has 0 aliphatic rings. The third-order valence-corrected chi connectivity index (χ3v) is 2.89. The van der Waals surface area contributed by atoms with E-state index in [9.17, 15) is 9.59 Å². The lowest BCUT2D eigenvalue weighted by Gasteiger charge is -2.15. The first-order valence-electron chi connectivity index (χ1n) is 7.22. The van der Waals surface area contributed by atoms with Crippen LogP contribution in [0.5, 0.6) is 0 Å². The minimum absolute atomic E-state index is 0.131. The van der Waals surface area contributed by atoms with Gasteiger partial charge >= 0.3 is 5.97 Å². The van der Waals surface area contributed by atoms with Gasteiger partial charge in [-0.15, -0.1) is 0 Å². The molecule has 0 aromatic carbocycles. The summed E-state index contributed by atoms with van der Waals surface area (Å²) < 4.78 is 6.48. The predicted molar refractivity (Wildman–Crippen MR) is 83.6 cm³/mol. The van der Waals surface area contributed by atoms with Crippen molar-refractivity contribution in [2.45, 2.75) is 26.3 Å². The number of rotatable bonds is 5. The summed E-state index contributed by atoms with van der Waals surface area (Å²) in [4.78, 5) is 35.7. The van der Waals surface area contributed by atoms with Gasteiger partial charge in [-0.3, -0.25) is 9.78 Å². The van der Waals surface area contributed by atoms with E-state index in [1.807, 2.05) is 13.8 Å². The lowest BCUT2D eigenvalue weighted by Crippen LogP contribution is -2.43. The predicted octanol–water partition coefficient (Wildman–Crippen LogP) is 0.750. The van der Waals surface area contributed by atoms with Gasteiger partial charge in [0.15, 0.2) is 0 Å². The van der Waals surface area contributed by atoms with Crippen LogP contribution in [0.15, 0.2) is 31.0 Å². The molecule has 1 amide bonds. The number of carbonyl (C=O) groups excluding carboxylic acids is 2. The van der Waals surface area contributed by atoms with Crippen LogP contribution in [0, 0.1) is 0 Å². The van der Waals surface area contributed by atoms with E-state index in [1.54, 1.807) is 24.0 Å². The van der Waals surface area contributed by atoms with Gasteiger partial charge in [0.1, 0.15) is 17.6 Å². The van der Waals surface area contributed by atoms with E-state index in [4.69, 9.17) is 4.74 Å². The number of esters is 1. The van der Waals surface area contributed by atoms with E-state index in [0.29, 0.717) is 5.82 Å². The molecule has 23 heavy (non-hydrogen) atoms. The molecule has 2 aromatic rings. The summed E-state index contributed by atoms with van der Waals surface area (Å²) >= 11 is 0. The fraction of sp³-hybridized carbons (Fsp3) is 0.400. The minimum Gasteiger partial charge on any atom is -0.467 e. The van der Waals surface area contributed by atoms with Crippen molar-refractivity contribution in [3.63, 3.8) is 0 Å². The summed E-state index contributed by atoms with van der Waals surface area (Å²) in [6.07, 6.45) is 7.79. The molecule has 1 N–H and O–H groups in total. The minimum atomic E-state index is -0.842. The molecule has 1 unspecified atom stereocenters. The Morgan fingerprint density at radius 1 is 1.26 bits per heavy atom. The van der Waals surface area contributed by atoms with Crippen molar-refractivity contribution in [3.8, 4) is 0 Å². The third kappa shape index (κ3) is 5.17. The maximum Gasteiger partial charge on any atom is 0.328 e. The molecule has 2 rings (SSSR count). The summed E-state index contributed by atoms with van der Waals surface area (Å²) in [6.45, 7) is 4.00. The number of nitrogens with zero attached hydrogens (tertiary/aromatic N) is 4. The van der Waals surface area contributed by atoms with Crippen molar-refractivity contribution < 1.29 is 14.3 Å². The normalized spacial score (nSPS) is 11.0. The van der Waals surface area contributed by atoms with Gasteiger partial charge < -0.3 is 14.6 Å². The van der Waals surface area contributed by atoms with Crippen LogP contribution in [0.25, 0.3) is 0 Å². The second-order valence-corrected chi connectivity index (χ2v) is 4.30. The molecule has 0 bridgehead atoms. The van der Waals surface area contributed by atoms with Crippen LogP contribution in [0.2, 0.25) is 0 Å². The Balaban J connectivity index is 0.00000127. The Morgan fingerprint density at radius 2 is 2.00 bits per heavy atom. The molecular weight excluding hydrogens is 298 g/mol. The molecule has 124 valence electrons. The number of carbonyl (C=O) groups is 2. The molecule has 0 saturated heterocycles. The SMILES string of the molecule is CC.COC(=O)C(Cc1nccn1C)NC(=O)c1cnccn1. The van der Waals surface area contributed by atoms with Gasteiger partial charge in [-0.2, -0.15) is 0 Å². The van der Waals surface area contributed by atoms with Crippen LogP contribution < -0.4 is 5.32 Å². The maximum atomic E-state index is 12.0. The molecule has 0 radical (unpaired) electrons. The quantitative estimate of drug-likeness (QED) is 0.817. The summed E-state index contributed by atoms with van der Waals surface area (Å²) in [5.74, 6) is -0.382. The van der Waals surface area contributed by atoms with Crippen molar-refractivity contribution in [3.05, 3.63) is 42.5 Å². The smallest absolute Gasteiger partial charge is 0.328 e. The van der Waals surface area contributed by atoms with Crippen molar-refractivity contribution in [2.24, 2.45) is 7.05 Å². The molecule has 0 fully saturated rings. The van der Waals surface area contributed by atoms with Gasteiger partial charge in [0.2, 0.25) is 0 Å². The second kappa shape index (κ2) is 9.29. The average Bonchev–Trinajstić information content (AvgIpc) is 3.01. The second-order valence-electron chi connectivity index (χ2n) is 4.30. The van der Waals surface area contributed by atoms with Gasteiger partial charge in [0.25, 0.3) is 5.91 Å². The molecule has 0 spiro atoms. The van der Waals surface area contributed by atoms with Gasteiger partial charge in [0.05, 0.1) is 13.3 Å². The van der Waals surface area contributed by atoms with Crippen molar-refractivity contribution >= 4 is 11.9 Å². The lowest BCUT2D eigenvalue weighted by atomic mass is 10.2. The van der Waals surface area contributed by atoms with Crippen LogP contribution in [0.4, 0.5) is 0 Å². The summed E-state index contributed by atoms with van der Waals surface area (Å²) in [5.41, 5.74) is 0.131. The topological polar surface area (TPSA) is 99.0 Å². The molecule has 8 heteroatoms. The first kappa shape index (κ1) is 18.3. The van der Waals surface area contributed by atoms with Crippen LogP contribution in [-0.2, 0) is 23.0 Å². The Kier molecular flexibility index (Phi) is 7.38. The van der Waals surface area contributed by atoms with E-state index in [-0.39, 0.29) is 12.1 Å². The highest BCUT2D eigenvalue weighted by molar-refractivity contribution is 5.94. The molecule has 0 aliphatic heterocycles. The van der Waals surface area contributed by atoms with E-state index in [1.165, 1.54) is 25.7 Å². The first-order chi connectivity index (χ1) is 11.1. The summed E-state index contributed by atoms with van der Waals surface area (Å²) in [7, 11) is 3.07. The molecule has 0 aliphatic carbocycles. The highest BCUT2D eigenvalue weighted by atomic mass is 16.5. The van der Waals surface area contributed by atoms with Crippen LogP contribution >= 0.6 is 0 Å². The van der Waals surface area contributed by atoms with E-state index >= 15 is 0 Å². The molecule has 1 atom stereocenters. The first-order valence-corrected chi connectivity index (χ1v) is 7.22. The Morgan fingerprint density at radius 3 is 2.52 bits per heavy atom. The highest BCUT2D eigenvalue weighted by Crippen LogP contribution is 2.03. The number of nitrogens with one attached hydrogen (secondary N) is 1. The average molecular weight is 319 g/mol. The number of amides is 1. The monoisotopic (exact) mass is 319 g/mol. The molecular formula is C15H21N5O3. The van der Waals surface area contributed by atoms with Gasteiger partial charge in [-0.05, 0) is 0 Å². The third-order valence-electron chi connectivity index (χ3n) is 2.89. The maximum absolute atomic E-state index is 12.0. The highest BCUT2D eigenvalue weighted by Gasteiger charge is 2.24. The zero-order chi connectivity index (χ0) is 17.2. The zero-order valence-electron chi connectivity index (χ0n) is 13.7. The standard InChI is InChI=1S/C13H15N5O3.C2H6/c1-18-6-5-16-11(18)7-9(13(20)21-2)17-12(19)10-8-14-3-4-15-10;1-2/h3-6,8-9H,7H2,1-2H3,(H,17,19);1-2H3. The molecule has 2 aromatic heterocycles. The number of ether oxygens (including phenoxy) is 1. The van der Waals surface area contributed by atoms with Gasteiger partial charge in [-0.1, -0.05) is 13.8 Å². The fourth-order valence-electron chi connectivity index (χ4n) is 1.76. The molecule has 8 nitrogen and oxygen atoms in total. The number of aryl methyl sites for hydroxylation is 1. The number of methoxy groups -OCH3 is 1. The van der Waals surface area contributed by atoms with Crippen molar-refractivity contribution in [1.29, 1.82) is 0 Å². The fourth-order valence-corrected chi connectivity index (χ4v) is 1.76. The largest absolute Gasteiger partial charge is 0.467 e. The van der Waals surface area contributed by atoms with Gasteiger partial charge in [-0.25, -0.2) is 14.8 Å². The van der Waals surface area contributed by atoms with Crippen LogP contribution in [0.1, 0.15) is 30.2 Å². The Bertz CT molecular complexity index is 627. The van der Waals surface area contributed by atoms with Crippen LogP contribution in [0.3, 0.4) is 0 Å². The number of imidazole rings is 1. The Labute approximate surface area is 134 Å². The summed E-state index contributed by atoms with van der Waals surface area (Å²) in [6, 6.07) is -0.842. The lowest BCUT2D eigenvalue weighted by molar-refractivity contribution is -0.142. The molecule has 0 saturated carbocycles. The molecule has 2 heterocycles. The van der Waals surface area contributed by atoms with Crippen LogP contribution in [-0.4, -0.2) is 44.5 Å². The van der Waals surface area contributed by atoms with E-state index in [0.717, 1.165) is 0 Å². The number of hydrogen-bond donors (Lipinski definition) is 1. The number of aromatic nitrogens is 4. The van der Waals surface area contributed by atoms with Gasteiger partial charge in [0, 0.05) is 38.3 Å². The van der Waals surface area contributed by atoms with E-state index < -0.39 is 17.9 Å². The number of hydrogen-bond acceptors (Lipinski definition) is 6. The summed E-state index contributed by atoms with van der Waals surface area (Å²) in [5, 5.41) is 2.58. The van der Waals surface area contributed by atoms with Crippen molar-refractivity contribution in [1.82, 2.24) is 24.8 Å². The Hall–Kier alpha value is -2.77.